The number of aliphatic hydroxyl groups excluding tert-OH is 1. The van der Waals surface area contributed by atoms with Gasteiger partial charge in [-0.2, -0.15) is 0 Å². The molecule has 0 aliphatic rings. The third kappa shape index (κ3) is 5.45. The molecule has 10 heavy (non-hydrogen) atoms. The SMILES string of the molecule is CCC(CC)SSCCO. The van der Waals surface area contributed by atoms with E-state index < -0.39 is 0 Å². The van der Waals surface area contributed by atoms with Crippen LogP contribution in [-0.4, -0.2) is 22.7 Å². The largest absolute Gasteiger partial charge is 0.395 e. The van der Waals surface area contributed by atoms with E-state index >= 15 is 0 Å². The highest BCUT2D eigenvalue weighted by molar-refractivity contribution is 8.76. The van der Waals surface area contributed by atoms with Crippen LogP contribution in [0, 0.1) is 0 Å². The lowest BCUT2D eigenvalue weighted by Gasteiger charge is -2.09. The molecular formula is C7H16OS2. The first kappa shape index (κ1) is 10.7. The molecule has 1 nitrogen and oxygen atoms in total. The number of hydrogen-bond donors (Lipinski definition) is 1. The molecule has 3 heteroatoms. The van der Waals surface area contributed by atoms with Crippen molar-refractivity contribution in [1.29, 1.82) is 0 Å². The van der Waals surface area contributed by atoms with Gasteiger partial charge >= 0.3 is 0 Å². The summed E-state index contributed by atoms with van der Waals surface area (Å²) in [4.78, 5) is 0. The van der Waals surface area contributed by atoms with E-state index in [0.717, 1.165) is 11.0 Å². The van der Waals surface area contributed by atoms with Crippen molar-refractivity contribution in [1.82, 2.24) is 0 Å². The van der Waals surface area contributed by atoms with Crippen LogP contribution in [0.5, 0.6) is 0 Å². The first-order valence-corrected chi connectivity index (χ1v) is 6.12. The summed E-state index contributed by atoms with van der Waals surface area (Å²) in [5, 5.41) is 9.26. The van der Waals surface area contributed by atoms with Crippen LogP contribution in [0.3, 0.4) is 0 Å². The zero-order valence-corrected chi connectivity index (χ0v) is 8.30. The van der Waals surface area contributed by atoms with Crippen LogP contribution in [0.25, 0.3) is 0 Å². The van der Waals surface area contributed by atoms with Gasteiger partial charge in [-0.3, -0.25) is 0 Å². The van der Waals surface area contributed by atoms with Gasteiger partial charge < -0.3 is 5.11 Å². The van der Waals surface area contributed by atoms with Crippen molar-refractivity contribution in [2.24, 2.45) is 0 Å². The highest BCUT2D eigenvalue weighted by Gasteiger charge is 2.02. The quantitative estimate of drug-likeness (QED) is 0.501. The van der Waals surface area contributed by atoms with Crippen LogP contribution >= 0.6 is 21.6 Å². The van der Waals surface area contributed by atoms with E-state index in [1.807, 2.05) is 10.8 Å². The van der Waals surface area contributed by atoms with Gasteiger partial charge in [0.05, 0.1) is 6.61 Å². The predicted octanol–water partition coefficient (Wildman–Crippen LogP) is 2.55. The van der Waals surface area contributed by atoms with Crippen LogP contribution in [0.15, 0.2) is 0 Å². The molecule has 0 aromatic rings. The van der Waals surface area contributed by atoms with Gasteiger partial charge in [0, 0.05) is 11.0 Å². The number of hydrogen-bond acceptors (Lipinski definition) is 3. The van der Waals surface area contributed by atoms with Gasteiger partial charge in [0.1, 0.15) is 0 Å². The summed E-state index contributed by atoms with van der Waals surface area (Å²) < 4.78 is 0. The van der Waals surface area contributed by atoms with E-state index in [9.17, 15) is 0 Å². The molecule has 0 atom stereocenters. The molecule has 0 heterocycles. The average molecular weight is 180 g/mol. The molecule has 0 bridgehead atoms. The van der Waals surface area contributed by atoms with Gasteiger partial charge in [0.25, 0.3) is 0 Å². The van der Waals surface area contributed by atoms with Crippen LogP contribution in [0.4, 0.5) is 0 Å². The molecule has 0 aromatic heterocycles. The third-order valence-corrected chi connectivity index (χ3v) is 4.44. The Bertz CT molecular complexity index is 64.6. The lowest BCUT2D eigenvalue weighted by Crippen LogP contribution is -1.95. The second kappa shape index (κ2) is 7.76. The van der Waals surface area contributed by atoms with Crippen LogP contribution in [0.2, 0.25) is 0 Å². The second-order valence-corrected chi connectivity index (χ2v) is 4.87. The molecule has 0 spiro atoms. The molecule has 0 aliphatic carbocycles. The molecule has 0 fully saturated rings. The van der Waals surface area contributed by atoms with E-state index in [1.54, 1.807) is 10.8 Å². The minimum Gasteiger partial charge on any atom is -0.395 e. The van der Waals surface area contributed by atoms with Crippen LogP contribution in [0.1, 0.15) is 26.7 Å². The van der Waals surface area contributed by atoms with Crippen molar-refractivity contribution in [3.8, 4) is 0 Å². The molecule has 0 aromatic carbocycles. The maximum Gasteiger partial charge on any atom is 0.0530 e. The minimum atomic E-state index is 0.303. The van der Waals surface area contributed by atoms with Crippen molar-refractivity contribution in [2.75, 3.05) is 12.4 Å². The first-order chi connectivity index (χ1) is 4.85. The van der Waals surface area contributed by atoms with E-state index in [2.05, 4.69) is 13.8 Å². The van der Waals surface area contributed by atoms with Crippen molar-refractivity contribution in [2.45, 2.75) is 31.9 Å². The Labute approximate surface area is 71.4 Å². The summed E-state index contributed by atoms with van der Waals surface area (Å²) in [6.45, 7) is 4.72. The maximum absolute atomic E-state index is 8.49. The maximum atomic E-state index is 8.49. The molecule has 0 radical (unpaired) electrons. The zero-order valence-electron chi connectivity index (χ0n) is 6.67. The molecule has 0 saturated carbocycles. The number of rotatable bonds is 6. The average Bonchev–Trinajstić information content (AvgIpc) is 1.99. The normalized spacial score (nSPS) is 10.8. The van der Waals surface area contributed by atoms with Gasteiger partial charge in [-0.1, -0.05) is 35.4 Å². The Morgan fingerprint density at radius 3 is 2.30 bits per heavy atom. The fourth-order valence-electron chi connectivity index (χ4n) is 0.606. The van der Waals surface area contributed by atoms with Crippen molar-refractivity contribution >= 4 is 21.6 Å². The Balaban J connectivity index is 3.09. The van der Waals surface area contributed by atoms with Crippen molar-refractivity contribution in [3.05, 3.63) is 0 Å². The van der Waals surface area contributed by atoms with Gasteiger partial charge in [-0.25, -0.2) is 0 Å². The smallest absolute Gasteiger partial charge is 0.0530 e. The molecule has 0 aliphatic heterocycles. The van der Waals surface area contributed by atoms with Crippen LogP contribution in [-0.2, 0) is 0 Å². The van der Waals surface area contributed by atoms with Gasteiger partial charge in [-0.15, -0.1) is 0 Å². The topological polar surface area (TPSA) is 20.2 Å². The highest BCUT2D eigenvalue weighted by Crippen LogP contribution is 2.29. The first-order valence-electron chi connectivity index (χ1n) is 3.74. The van der Waals surface area contributed by atoms with Crippen molar-refractivity contribution < 1.29 is 5.11 Å². The Hall–Kier alpha value is 0.660. The Kier molecular flexibility index (Phi) is 8.28. The lowest BCUT2D eigenvalue weighted by atomic mass is 10.3. The Morgan fingerprint density at radius 1 is 1.30 bits per heavy atom. The fraction of sp³-hybridized carbons (Fsp3) is 1.00. The van der Waals surface area contributed by atoms with Crippen LogP contribution < -0.4 is 0 Å². The summed E-state index contributed by atoms with van der Waals surface area (Å²) in [6.07, 6.45) is 2.47. The Morgan fingerprint density at radius 2 is 1.90 bits per heavy atom. The van der Waals surface area contributed by atoms with Gasteiger partial charge in [-0.05, 0) is 12.8 Å². The molecule has 0 amide bonds. The van der Waals surface area contributed by atoms with Gasteiger partial charge in [0.2, 0.25) is 0 Å². The standard InChI is InChI=1S/C7H16OS2/c1-3-7(4-2)10-9-6-5-8/h7-8H,3-6H2,1-2H3. The van der Waals surface area contributed by atoms with E-state index in [-0.39, 0.29) is 0 Å². The van der Waals surface area contributed by atoms with E-state index in [0.29, 0.717) is 6.61 Å². The monoisotopic (exact) mass is 180 g/mol. The van der Waals surface area contributed by atoms with Gasteiger partial charge in [0.15, 0.2) is 0 Å². The molecule has 0 rings (SSSR count). The summed E-state index contributed by atoms with van der Waals surface area (Å²) in [5.41, 5.74) is 0. The minimum absolute atomic E-state index is 0.303. The molecule has 0 saturated heterocycles. The van der Waals surface area contributed by atoms with E-state index in [4.69, 9.17) is 5.11 Å². The molecule has 1 N–H and O–H groups in total. The van der Waals surface area contributed by atoms with Crippen molar-refractivity contribution in [3.63, 3.8) is 0 Å². The lowest BCUT2D eigenvalue weighted by molar-refractivity contribution is 0.323. The molecular weight excluding hydrogens is 164 g/mol. The summed E-state index contributed by atoms with van der Waals surface area (Å²) >= 11 is 0. The fourth-order valence-corrected chi connectivity index (χ4v) is 3.15. The van der Waals surface area contributed by atoms with E-state index in [1.165, 1.54) is 12.8 Å². The zero-order chi connectivity index (χ0) is 7.82. The highest BCUT2D eigenvalue weighted by atomic mass is 33.1. The summed E-state index contributed by atoms with van der Waals surface area (Å²) in [7, 11) is 3.68. The summed E-state index contributed by atoms with van der Waals surface area (Å²) in [5.74, 6) is 0.862. The number of aliphatic hydroxyl groups is 1. The summed E-state index contributed by atoms with van der Waals surface area (Å²) in [6, 6.07) is 0. The molecule has 62 valence electrons. The predicted molar refractivity (Wildman–Crippen MR) is 51.5 cm³/mol. The molecule has 0 unspecified atom stereocenters. The second-order valence-electron chi connectivity index (χ2n) is 2.08. The third-order valence-electron chi connectivity index (χ3n) is 1.29.